The lowest BCUT2D eigenvalue weighted by Gasteiger charge is -2.16. The van der Waals surface area contributed by atoms with Gasteiger partial charge in [-0.25, -0.2) is 0 Å². The second-order valence-electron chi connectivity index (χ2n) is 12.0. The lowest BCUT2D eigenvalue weighted by atomic mass is 9.87. The van der Waals surface area contributed by atoms with Crippen LogP contribution in [-0.2, 0) is 0 Å². The molecule has 45 heavy (non-hydrogen) atoms. The first kappa shape index (κ1) is 24.5. The van der Waals surface area contributed by atoms with E-state index < -0.39 is 0 Å². The van der Waals surface area contributed by atoms with E-state index in [2.05, 4.69) is 146 Å². The van der Waals surface area contributed by atoms with Gasteiger partial charge in [0.1, 0.15) is 11.2 Å². The Morgan fingerprint density at radius 3 is 1.71 bits per heavy atom. The van der Waals surface area contributed by atoms with Crippen molar-refractivity contribution in [2.45, 2.75) is 0 Å². The molecule has 1 aliphatic rings. The van der Waals surface area contributed by atoms with Crippen molar-refractivity contribution in [2.75, 3.05) is 0 Å². The zero-order valence-electron chi connectivity index (χ0n) is 24.4. The van der Waals surface area contributed by atoms with Crippen molar-refractivity contribution in [3.05, 3.63) is 158 Å². The predicted octanol–water partition coefficient (Wildman–Crippen LogP) is 12.5. The summed E-state index contributed by atoms with van der Waals surface area (Å²) in [6.45, 7) is 0. The molecule has 0 amide bonds. The van der Waals surface area contributed by atoms with E-state index >= 15 is 0 Å². The Bertz CT molecular complexity index is 2620. The van der Waals surface area contributed by atoms with Crippen molar-refractivity contribution in [1.29, 1.82) is 0 Å². The van der Waals surface area contributed by atoms with E-state index in [4.69, 9.17) is 4.42 Å². The third kappa shape index (κ3) is 3.50. The van der Waals surface area contributed by atoms with Gasteiger partial charge < -0.3 is 4.42 Å². The standard InChI is InChI=1S/C44H26O/c1-2-10-27(11-3-1)33-24-25-34(43-37-17-8-16-35-31-13-5-4-12-30(31)26-38(41(35)37)44(33)43)29-22-20-28(21-23-29)32-15-9-19-40-42(32)36-14-6-7-18-39(36)45-40/h1-26H. The Hall–Kier alpha value is -5.92. The van der Waals surface area contributed by atoms with Gasteiger partial charge in [-0.2, -0.15) is 0 Å². The average molecular weight is 571 g/mol. The van der Waals surface area contributed by atoms with Crippen LogP contribution in [0.25, 0.3) is 99.1 Å². The molecule has 1 nitrogen and oxygen atoms in total. The van der Waals surface area contributed by atoms with Gasteiger partial charge in [0.15, 0.2) is 0 Å². The molecule has 0 aliphatic heterocycles. The van der Waals surface area contributed by atoms with E-state index in [9.17, 15) is 0 Å². The summed E-state index contributed by atoms with van der Waals surface area (Å²) < 4.78 is 6.19. The Morgan fingerprint density at radius 2 is 0.889 bits per heavy atom. The van der Waals surface area contributed by atoms with Crippen molar-refractivity contribution in [1.82, 2.24) is 0 Å². The summed E-state index contributed by atoms with van der Waals surface area (Å²) in [6.07, 6.45) is 0. The minimum atomic E-state index is 0.922. The first-order chi connectivity index (χ1) is 22.3. The number of hydrogen-bond acceptors (Lipinski definition) is 1. The van der Waals surface area contributed by atoms with Crippen molar-refractivity contribution in [2.24, 2.45) is 0 Å². The fraction of sp³-hybridized carbons (Fsp3) is 0. The molecule has 8 aromatic carbocycles. The molecule has 0 saturated carbocycles. The van der Waals surface area contributed by atoms with Crippen LogP contribution in [-0.4, -0.2) is 0 Å². The largest absolute Gasteiger partial charge is 0.456 e. The number of fused-ring (bicyclic) bond motifs is 8. The summed E-state index contributed by atoms with van der Waals surface area (Å²) in [7, 11) is 0. The van der Waals surface area contributed by atoms with E-state index in [1.54, 1.807) is 0 Å². The number of benzene rings is 8. The molecule has 0 atom stereocenters. The van der Waals surface area contributed by atoms with Gasteiger partial charge in [-0.1, -0.05) is 140 Å². The lowest BCUT2D eigenvalue weighted by Crippen LogP contribution is -1.90. The Morgan fingerprint density at radius 1 is 0.311 bits per heavy atom. The van der Waals surface area contributed by atoms with Crippen LogP contribution in [0.15, 0.2) is 162 Å². The third-order valence-corrected chi connectivity index (χ3v) is 9.62. The van der Waals surface area contributed by atoms with Crippen LogP contribution in [0.1, 0.15) is 0 Å². The predicted molar refractivity (Wildman–Crippen MR) is 189 cm³/mol. The molecule has 0 N–H and O–H groups in total. The highest BCUT2D eigenvalue weighted by molar-refractivity contribution is 6.26. The molecule has 1 heteroatoms. The minimum Gasteiger partial charge on any atom is -0.456 e. The number of hydrogen-bond donors (Lipinski definition) is 0. The normalized spacial score (nSPS) is 12.0. The topological polar surface area (TPSA) is 13.1 Å². The summed E-state index contributed by atoms with van der Waals surface area (Å²) in [5.41, 5.74) is 14.5. The van der Waals surface area contributed by atoms with Crippen LogP contribution in [0.4, 0.5) is 0 Å². The van der Waals surface area contributed by atoms with Gasteiger partial charge >= 0.3 is 0 Å². The van der Waals surface area contributed by atoms with Crippen molar-refractivity contribution in [3.63, 3.8) is 0 Å². The fourth-order valence-electron chi connectivity index (χ4n) is 7.67. The van der Waals surface area contributed by atoms with E-state index in [0.29, 0.717) is 0 Å². The highest BCUT2D eigenvalue weighted by atomic mass is 16.3. The molecule has 208 valence electrons. The first-order valence-corrected chi connectivity index (χ1v) is 15.5. The smallest absolute Gasteiger partial charge is 0.136 e. The summed E-state index contributed by atoms with van der Waals surface area (Å²) in [5, 5.41) is 7.57. The van der Waals surface area contributed by atoms with Crippen LogP contribution in [0, 0.1) is 0 Å². The SMILES string of the molecule is c1ccc(-c2ccc(-c3ccc(-c4cccc5oc6ccccc6c45)cc3)c3c2-c2cc4ccccc4c4cccc-3c24)cc1. The van der Waals surface area contributed by atoms with Crippen molar-refractivity contribution in [3.8, 4) is 55.6 Å². The van der Waals surface area contributed by atoms with Crippen molar-refractivity contribution >= 4 is 43.5 Å². The number of para-hydroxylation sites is 1. The van der Waals surface area contributed by atoms with Crippen LogP contribution in [0.5, 0.6) is 0 Å². The second-order valence-corrected chi connectivity index (χ2v) is 12.0. The molecule has 0 unspecified atom stereocenters. The summed E-state index contributed by atoms with van der Waals surface area (Å²) in [5.74, 6) is 0. The fourth-order valence-corrected chi connectivity index (χ4v) is 7.67. The maximum absolute atomic E-state index is 6.19. The van der Waals surface area contributed by atoms with Crippen LogP contribution in [0.2, 0.25) is 0 Å². The molecule has 9 aromatic rings. The first-order valence-electron chi connectivity index (χ1n) is 15.5. The molecule has 10 rings (SSSR count). The lowest BCUT2D eigenvalue weighted by molar-refractivity contribution is 0.669. The summed E-state index contributed by atoms with van der Waals surface area (Å²) in [6, 6.07) is 57.2. The molecular weight excluding hydrogens is 544 g/mol. The zero-order chi connectivity index (χ0) is 29.5. The molecule has 0 saturated heterocycles. The molecule has 1 aliphatic carbocycles. The van der Waals surface area contributed by atoms with Gasteiger partial charge in [0.05, 0.1) is 0 Å². The Kier molecular flexibility index (Phi) is 5.06. The molecule has 0 fully saturated rings. The quantitative estimate of drug-likeness (QED) is 0.193. The third-order valence-electron chi connectivity index (χ3n) is 9.62. The highest BCUT2D eigenvalue weighted by Gasteiger charge is 2.28. The minimum absolute atomic E-state index is 0.922. The molecule has 1 heterocycles. The number of rotatable bonds is 3. The van der Waals surface area contributed by atoms with E-state index in [1.165, 1.54) is 82.6 Å². The molecule has 0 bridgehead atoms. The maximum Gasteiger partial charge on any atom is 0.136 e. The van der Waals surface area contributed by atoms with E-state index in [-0.39, 0.29) is 0 Å². The second kappa shape index (κ2) is 9.29. The Labute approximate surface area is 260 Å². The summed E-state index contributed by atoms with van der Waals surface area (Å²) in [4.78, 5) is 0. The van der Waals surface area contributed by atoms with E-state index in [1.807, 2.05) is 12.1 Å². The zero-order valence-corrected chi connectivity index (χ0v) is 24.4. The van der Waals surface area contributed by atoms with E-state index in [0.717, 1.165) is 16.6 Å². The van der Waals surface area contributed by atoms with Gasteiger partial charge in [-0.05, 0) is 95.4 Å². The van der Waals surface area contributed by atoms with Gasteiger partial charge in [0, 0.05) is 10.8 Å². The molecule has 0 spiro atoms. The Balaban J connectivity index is 1.21. The average Bonchev–Trinajstić information content (AvgIpc) is 3.66. The van der Waals surface area contributed by atoms with Gasteiger partial charge in [-0.3, -0.25) is 0 Å². The molecule has 0 radical (unpaired) electrons. The van der Waals surface area contributed by atoms with Crippen LogP contribution < -0.4 is 0 Å². The molecule has 1 aromatic heterocycles. The molecular formula is C44H26O. The monoisotopic (exact) mass is 570 g/mol. The summed E-state index contributed by atoms with van der Waals surface area (Å²) >= 11 is 0. The number of furan rings is 1. The van der Waals surface area contributed by atoms with Gasteiger partial charge in [-0.15, -0.1) is 0 Å². The highest BCUT2D eigenvalue weighted by Crippen LogP contribution is 2.55. The van der Waals surface area contributed by atoms with Gasteiger partial charge in [0.2, 0.25) is 0 Å². The van der Waals surface area contributed by atoms with Crippen LogP contribution in [0.3, 0.4) is 0 Å². The van der Waals surface area contributed by atoms with Crippen molar-refractivity contribution < 1.29 is 4.42 Å². The van der Waals surface area contributed by atoms with Crippen LogP contribution >= 0.6 is 0 Å². The maximum atomic E-state index is 6.19. The van der Waals surface area contributed by atoms with Gasteiger partial charge in [0.25, 0.3) is 0 Å².